The zero-order chi connectivity index (χ0) is 21.7. The van der Waals surface area contributed by atoms with Crippen molar-refractivity contribution in [3.63, 3.8) is 0 Å². The summed E-state index contributed by atoms with van der Waals surface area (Å²) >= 11 is 6.35. The lowest BCUT2D eigenvalue weighted by Crippen LogP contribution is -2.27. The summed E-state index contributed by atoms with van der Waals surface area (Å²) in [7, 11) is 2.15. The number of amides is 1. The molecule has 6 nitrogen and oxygen atoms in total. The van der Waals surface area contributed by atoms with Crippen molar-refractivity contribution in [2.24, 2.45) is 0 Å². The maximum atomic E-state index is 13.5. The van der Waals surface area contributed by atoms with E-state index >= 15 is 0 Å². The molecular weight excluding hydrogens is 410 g/mol. The fourth-order valence-electron chi connectivity index (χ4n) is 4.51. The number of benzene rings is 1. The van der Waals surface area contributed by atoms with Crippen molar-refractivity contribution in [3.8, 4) is 0 Å². The van der Waals surface area contributed by atoms with E-state index in [0.717, 1.165) is 65.4 Å². The second-order valence-electron chi connectivity index (χ2n) is 8.61. The first kappa shape index (κ1) is 20.2. The normalized spacial score (nSPS) is 16.8. The Hall–Kier alpha value is -2.70. The van der Waals surface area contributed by atoms with E-state index in [1.807, 2.05) is 43.0 Å². The van der Waals surface area contributed by atoms with Gasteiger partial charge >= 0.3 is 0 Å². The van der Waals surface area contributed by atoms with E-state index in [-0.39, 0.29) is 5.91 Å². The van der Waals surface area contributed by atoms with Crippen LogP contribution in [0.25, 0.3) is 11.7 Å². The van der Waals surface area contributed by atoms with Gasteiger partial charge in [-0.2, -0.15) is 5.10 Å². The zero-order valence-electron chi connectivity index (χ0n) is 18.2. The first-order chi connectivity index (χ1) is 14.9. The van der Waals surface area contributed by atoms with Gasteiger partial charge < -0.3 is 9.80 Å². The molecule has 0 aliphatic carbocycles. The van der Waals surface area contributed by atoms with Gasteiger partial charge in [-0.15, -0.1) is 0 Å². The molecule has 2 aliphatic heterocycles. The fraction of sp³-hybridized carbons (Fsp3) is 0.375. The third kappa shape index (κ3) is 3.54. The molecule has 2 aromatic heterocycles. The number of aromatic nitrogens is 3. The molecule has 0 bridgehead atoms. The number of hydrogen-bond acceptors (Lipinski definition) is 4. The third-order valence-electron chi connectivity index (χ3n) is 6.42. The summed E-state index contributed by atoms with van der Waals surface area (Å²) in [4.78, 5) is 22.3. The summed E-state index contributed by atoms with van der Waals surface area (Å²) in [6, 6.07) is 7.91. The zero-order valence-corrected chi connectivity index (χ0v) is 18.9. The highest BCUT2D eigenvalue weighted by atomic mass is 35.5. The van der Waals surface area contributed by atoms with Crippen molar-refractivity contribution in [3.05, 3.63) is 68.6 Å². The van der Waals surface area contributed by atoms with Gasteiger partial charge in [0, 0.05) is 24.2 Å². The predicted molar refractivity (Wildman–Crippen MR) is 122 cm³/mol. The number of likely N-dealkylation sites (tertiary alicyclic amines) is 1. The molecule has 1 fully saturated rings. The standard InChI is InChI=1S/C24H26ClN5O/c1-15-22(25)16(2)30-23(26-15)20-13-29(14-21(20)27-30)24(31)19-7-5-4-6-18(19)12-17-8-10-28(3)11-9-17/h4-7,12H,8-11,13-14H2,1-3H3. The van der Waals surface area contributed by atoms with Crippen molar-refractivity contribution >= 4 is 29.2 Å². The lowest BCUT2D eigenvalue weighted by atomic mass is 9.98. The maximum absolute atomic E-state index is 13.5. The van der Waals surface area contributed by atoms with Gasteiger partial charge in [0.15, 0.2) is 5.65 Å². The van der Waals surface area contributed by atoms with Gasteiger partial charge in [0.1, 0.15) is 0 Å². The average molecular weight is 436 g/mol. The highest BCUT2D eigenvalue weighted by Crippen LogP contribution is 2.30. The largest absolute Gasteiger partial charge is 0.328 e. The van der Waals surface area contributed by atoms with Gasteiger partial charge in [0.05, 0.1) is 35.2 Å². The molecule has 0 radical (unpaired) electrons. The van der Waals surface area contributed by atoms with Crippen LogP contribution in [0.15, 0.2) is 29.8 Å². The molecule has 0 atom stereocenters. The molecule has 31 heavy (non-hydrogen) atoms. The minimum Gasteiger partial charge on any atom is -0.328 e. The van der Waals surface area contributed by atoms with Gasteiger partial charge in [-0.05, 0) is 45.4 Å². The van der Waals surface area contributed by atoms with E-state index in [4.69, 9.17) is 16.7 Å². The second kappa shape index (κ2) is 7.77. The predicted octanol–water partition coefficient (Wildman–Crippen LogP) is 4.26. The summed E-state index contributed by atoms with van der Waals surface area (Å²) in [5, 5.41) is 5.34. The van der Waals surface area contributed by atoms with E-state index < -0.39 is 0 Å². The molecule has 1 saturated heterocycles. The topological polar surface area (TPSA) is 53.7 Å². The second-order valence-corrected chi connectivity index (χ2v) is 8.99. The lowest BCUT2D eigenvalue weighted by Gasteiger charge is -2.24. The van der Waals surface area contributed by atoms with Crippen LogP contribution in [0, 0.1) is 13.8 Å². The quantitative estimate of drug-likeness (QED) is 0.603. The molecule has 3 aromatic rings. The lowest BCUT2D eigenvalue weighted by molar-refractivity contribution is 0.0749. The summed E-state index contributed by atoms with van der Waals surface area (Å²) < 4.78 is 1.81. The van der Waals surface area contributed by atoms with Crippen molar-refractivity contribution < 1.29 is 4.79 Å². The monoisotopic (exact) mass is 435 g/mol. The molecule has 0 unspecified atom stereocenters. The minimum absolute atomic E-state index is 0.0407. The Morgan fingerprint density at radius 2 is 1.87 bits per heavy atom. The number of piperidine rings is 1. The Morgan fingerprint density at radius 3 is 2.65 bits per heavy atom. The molecular formula is C24H26ClN5O. The SMILES string of the molecule is Cc1nc2c3c(nn2c(C)c1Cl)CN(C(=O)c1ccccc1C=C1CCN(C)CC1)C3. The Kier molecular flexibility index (Phi) is 5.07. The molecule has 0 N–H and O–H groups in total. The van der Waals surface area contributed by atoms with Gasteiger partial charge in [-0.3, -0.25) is 4.79 Å². The fourth-order valence-corrected chi connectivity index (χ4v) is 4.64. The van der Waals surface area contributed by atoms with Crippen LogP contribution in [-0.2, 0) is 13.1 Å². The first-order valence-electron chi connectivity index (χ1n) is 10.7. The number of carbonyl (C=O) groups is 1. The van der Waals surface area contributed by atoms with Crippen LogP contribution in [0.5, 0.6) is 0 Å². The van der Waals surface area contributed by atoms with E-state index in [9.17, 15) is 4.79 Å². The smallest absolute Gasteiger partial charge is 0.255 e. The number of carbonyl (C=O) groups excluding carboxylic acids is 1. The van der Waals surface area contributed by atoms with Gasteiger partial charge in [0.25, 0.3) is 5.91 Å². The Labute approximate surface area is 187 Å². The van der Waals surface area contributed by atoms with E-state index in [2.05, 4.69) is 23.0 Å². The number of rotatable bonds is 2. The van der Waals surface area contributed by atoms with Crippen LogP contribution < -0.4 is 0 Å². The third-order valence-corrected chi connectivity index (χ3v) is 6.97. The van der Waals surface area contributed by atoms with Crippen molar-refractivity contribution in [1.82, 2.24) is 24.4 Å². The van der Waals surface area contributed by atoms with Crippen molar-refractivity contribution in [2.45, 2.75) is 39.8 Å². The van der Waals surface area contributed by atoms with Crippen molar-refractivity contribution in [2.75, 3.05) is 20.1 Å². The van der Waals surface area contributed by atoms with Crippen molar-refractivity contribution in [1.29, 1.82) is 0 Å². The molecule has 0 saturated carbocycles. The molecule has 7 heteroatoms. The minimum atomic E-state index is 0.0407. The molecule has 5 rings (SSSR count). The van der Waals surface area contributed by atoms with Crippen LogP contribution in [0.4, 0.5) is 0 Å². The highest BCUT2D eigenvalue weighted by molar-refractivity contribution is 6.31. The highest BCUT2D eigenvalue weighted by Gasteiger charge is 2.31. The van der Waals surface area contributed by atoms with Crippen LogP contribution >= 0.6 is 11.6 Å². The molecule has 1 amide bonds. The summed E-state index contributed by atoms with van der Waals surface area (Å²) in [5.74, 6) is 0.0407. The molecule has 160 valence electrons. The summed E-state index contributed by atoms with van der Waals surface area (Å²) in [5.41, 5.74) is 7.54. The van der Waals surface area contributed by atoms with Gasteiger partial charge in [0.2, 0.25) is 0 Å². The Balaban J connectivity index is 1.43. The average Bonchev–Trinajstić information content (AvgIpc) is 3.33. The summed E-state index contributed by atoms with van der Waals surface area (Å²) in [6.45, 7) is 6.99. The Bertz CT molecular complexity index is 1220. The van der Waals surface area contributed by atoms with Crippen LogP contribution in [0.1, 0.15) is 51.4 Å². The molecule has 4 heterocycles. The van der Waals surface area contributed by atoms with Crippen LogP contribution in [0.2, 0.25) is 5.02 Å². The van der Waals surface area contributed by atoms with E-state index in [1.54, 1.807) is 4.52 Å². The first-order valence-corrected chi connectivity index (χ1v) is 11.1. The van der Waals surface area contributed by atoms with E-state index in [1.165, 1.54) is 5.57 Å². The number of halogens is 1. The molecule has 1 aromatic carbocycles. The van der Waals surface area contributed by atoms with Crippen LogP contribution in [-0.4, -0.2) is 50.4 Å². The number of aryl methyl sites for hydroxylation is 2. The number of hydrogen-bond donors (Lipinski definition) is 0. The van der Waals surface area contributed by atoms with E-state index in [0.29, 0.717) is 18.1 Å². The van der Waals surface area contributed by atoms with Gasteiger partial charge in [-0.1, -0.05) is 41.4 Å². The number of fused-ring (bicyclic) bond motifs is 3. The Morgan fingerprint density at radius 1 is 1.13 bits per heavy atom. The summed E-state index contributed by atoms with van der Waals surface area (Å²) in [6.07, 6.45) is 4.32. The van der Waals surface area contributed by atoms with Crippen LogP contribution in [0.3, 0.4) is 0 Å². The maximum Gasteiger partial charge on any atom is 0.255 e. The molecule has 2 aliphatic rings. The van der Waals surface area contributed by atoms with Gasteiger partial charge in [-0.25, -0.2) is 9.50 Å². The molecule has 0 spiro atoms. The number of nitrogens with zero attached hydrogens (tertiary/aromatic N) is 5.